The summed E-state index contributed by atoms with van der Waals surface area (Å²) < 4.78 is 6.07. The quantitative estimate of drug-likeness (QED) is 0.591. The van der Waals surface area contributed by atoms with Crippen molar-refractivity contribution in [2.24, 2.45) is 5.92 Å². The number of benzene rings is 2. The largest absolute Gasteiger partial charge is 0.507 e. The molecular weight excluding hydrogens is 418 g/mol. The van der Waals surface area contributed by atoms with E-state index in [0.29, 0.717) is 30.7 Å². The Morgan fingerprint density at radius 3 is 2.70 bits per heavy atom. The van der Waals surface area contributed by atoms with Gasteiger partial charge in [0.15, 0.2) is 5.78 Å². The first-order valence-corrected chi connectivity index (χ1v) is 11.8. The third kappa shape index (κ3) is 4.95. The van der Waals surface area contributed by atoms with Crippen molar-refractivity contribution >= 4 is 23.2 Å². The predicted octanol–water partition coefficient (Wildman–Crippen LogP) is 4.86. The van der Waals surface area contributed by atoms with Gasteiger partial charge in [0.25, 0.3) is 0 Å². The number of carbonyl (C=O) groups is 3. The van der Waals surface area contributed by atoms with Crippen molar-refractivity contribution in [1.82, 2.24) is 0 Å². The van der Waals surface area contributed by atoms with Crippen LogP contribution in [0.5, 0.6) is 11.5 Å². The number of fused-ring (bicyclic) bond motifs is 3. The van der Waals surface area contributed by atoms with Crippen LogP contribution < -0.4 is 9.64 Å². The Kier molecular flexibility index (Phi) is 6.82. The van der Waals surface area contributed by atoms with Gasteiger partial charge in [-0.15, -0.1) is 0 Å². The third-order valence-corrected chi connectivity index (χ3v) is 6.70. The standard InChI is InChI=1S/C27H31NO5/c1-17(29)11-12-21-22-13-14-25(31)28(22)23-15-20(16-24(30)26(23)27(21)32)33-18(2)7-6-10-19-8-4-3-5-9-19/h3-5,8-9,15-16,18,21-22,30H,6-7,10-14H2,1-2H3. The number of hydrogen-bond donors (Lipinski definition) is 1. The maximum Gasteiger partial charge on any atom is 0.227 e. The van der Waals surface area contributed by atoms with Crippen molar-refractivity contribution in [2.45, 2.75) is 70.9 Å². The van der Waals surface area contributed by atoms with Gasteiger partial charge in [-0.1, -0.05) is 30.3 Å². The average molecular weight is 450 g/mol. The number of aryl methyl sites for hydroxylation is 1. The summed E-state index contributed by atoms with van der Waals surface area (Å²) in [7, 11) is 0. The van der Waals surface area contributed by atoms with Crippen molar-refractivity contribution in [2.75, 3.05) is 4.90 Å². The van der Waals surface area contributed by atoms with Gasteiger partial charge >= 0.3 is 0 Å². The fourth-order valence-corrected chi connectivity index (χ4v) is 5.07. The number of anilines is 1. The second-order valence-electron chi connectivity index (χ2n) is 9.22. The van der Waals surface area contributed by atoms with E-state index in [1.807, 2.05) is 25.1 Å². The summed E-state index contributed by atoms with van der Waals surface area (Å²) in [6.45, 7) is 3.48. The maximum atomic E-state index is 13.3. The van der Waals surface area contributed by atoms with E-state index >= 15 is 0 Å². The van der Waals surface area contributed by atoms with Crippen LogP contribution in [0.3, 0.4) is 0 Å². The monoisotopic (exact) mass is 449 g/mol. The summed E-state index contributed by atoms with van der Waals surface area (Å²) in [5.41, 5.74) is 1.88. The first kappa shape index (κ1) is 23.0. The van der Waals surface area contributed by atoms with Gasteiger partial charge in [-0.25, -0.2) is 0 Å². The first-order valence-electron chi connectivity index (χ1n) is 11.8. The molecular formula is C27H31NO5. The van der Waals surface area contributed by atoms with E-state index in [4.69, 9.17) is 4.74 Å². The number of phenolic OH excluding ortho intramolecular Hbond substituents is 1. The van der Waals surface area contributed by atoms with Crippen molar-refractivity contribution < 1.29 is 24.2 Å². The second-order valence-corrected chi connectivity index (χ2v) is 9.22. The summed E-state index contributed by atoms with van der Waals surface area (Å²) in [4.78, 5) is 39.1. The molecule has 1 amide bonds. The summed E-state index contributed by atoms with van der Waals surface area (Å²) in [6, 6.07) is 13.2. The zero-order valence-electron chi connectivity index (χ0n) is 19.3. The Morgan fingerprint density at radius 1 is 1.21 bits per heavy atom. The highest BCUT2D eigenvalue weighted by molar-refractivity contribution is 6.13. The molecule has 0 saturated carbocycles. The number of ketones is 2. The van der Waals surface area contributed by atoms with Gasteiger partial charge in [0.05, 0.1) is 17.4 Å². The normalized spacial score (nSPS) is 20.4. The number of Topliss-reactive ketones (excluding diaryl/α,β-unsaturated/α-hetero) is 2. The summed E-state index contributed by atoms with van der Waals surface area (Å²) in [5.74, 6) is -0.431. The Hall–Kier alpha value is -3.15. The minimum absolute atomic E-state index is 0.0127. The van der Waals surface area contributed by atoms with E-state index in [0.717, 1.165) is 19.3 Å². The molecule has 4 rings (SSSR count). The van der Waals surface area contributed by atoms with Crippen LogP contribution in [0.2, 0.25) is 0 Å². The number of carbonyl (C=O) groups excluding carboxylic acids is 3. The van der Waals surface area contributed by atoms with Crippen molar-refractivity contribution in [3.05, 3.63) is 53.6 Å². The fourth-order valence-electron chi connectivity index (χ4n) is 5.07. The smallest absolute Gasteiger partial charge is 0.227 e. The molecule has 3 atom stereocenters. The number of amides is 1. The molecule has 6 nitrogen and oxygen atoms in total. The number of rotatable bonds is 9. The van der Waals surface area contributed by atoms with Crippen LogP contribution in [0.15, 0.2) is 42.5 Å². The van der Waals surface area contributed by atoms with Gasteiger partial charge in [-0.2, -0.15) is 0 Å². The lowest BCUT2D eigenvalue weighted by atomic mass is 9.81. The molecule has 0 radical (unpaired) electrons. The van der Waals surface area contributed by atoms with Crippen LogP contribution in [0.1, 0.15) is 68.3 Å². The SMILES string of the molecule is CC(=O)CCC1C(=O)c2c(O)cc(OC(C)CCCc3ccccc3)cc2N2C(=O)CCC12. The molecule has 3 unspecified atom stereocenters. The lowest BCUT2D eigenvalue weighted by Crippen LogP contribution is -2.46. The maximum absolute atomic E-state index is 13.3. The third-order valence-electron chi connectivity index (χ3n) is 6.70. The van der Waals surface area contributed by atoms with E-state index in [1.54, 1.807) is 11.0 Å². The van der Waals surface area contributed by atoms with Crippen LogP contribution in [0.4, 0.5) is 5.69 Å². The lowest BCUT2D eigenvalue weighted by molar-refractivity contribution is -0.117. The highest BCUT2D eigenvalue weighted by atomic mass is 16.5. The van der Waals surface area contributed by atoms with Gasteiger partial charge < -0.3 is 19.5 Å². The van der Waals surface area contributed by atoms with Crippen LogP contribution in [0.25, 0.3) is 0 Å². The number of hydrogen-bond acceptors (Lipinski definition) is 5. The molecule has 1 fully saturated rings. The number of ether oxygens (including phenoxy) is 1. The molecule has 2 aromatic rings. The van der Waals surface area contributed by atoms with Gasteiger partial charge in [-0.3, -0.25) is 9.59 Å². The van der Waals surface area contributed by atoms with Crippen LogP contribution >= 0.6 is 0 Å². The Morgan fingerprint density at radius 2 is 1.97 bits per heavy atom. The number of aromatic hydroxyl groups is 1. The van der Waals surface area contributed by atoms with E-state index < -0.39 is 5.92 Å². The second kappa shape index (κ2) is 9.77. The Balaban J connectivity index is 1.51. The molecule has 33 heavy (non-hydrogen) atoms. The molecule has 174 valence electrons. The number of nitrogens with zero attached hydrogens (tertiary/aromatic N) is 1. The van der Waals surface area contributed by atoms with E-state index in [-0.39, 0.29) is 47.4 Å². The average Bonchev–Trinajstić information content (AvgIpc) is 3.15. The molecule has 1 N–H and O–H groups in total. The molecule has 2 aliphatic rings. The highest BCUT2D eigenvalue weighted by Crippen LogP contribution is 2.46. The summed E-state index contributed by atoms with van der Waals surface area (Å²) in [5, 5.41) is 10.7. The molecule has 2 aromatic carbocycles. The topological polar surface area (TPSA) is 83.9 Å². The summed E-state index contributed by atoms with van der Waals surface area (Å²) in [6.07, 6.45) is 4.28. The first-order chi connectivity index (χ1) is 15.8. The zero-order chi connectivity index (χ0) is 23.5. The molecule has 2 aliphatic heterocycles. The van der Waals surface area contributed by atoms with Gasteiger partial charge in [0, 0.05) is 36.9 Å². The molecule has 0 spiro atoms. The summed E-state index contributed by atoms with van der Waals surface area (Å²) >= 11 is 0. The highest BCUT2D eigenvalue weighted by Gasteiger charge is 2.47. The zero-order valence-corrected chi connectivity index (χ0v) is 19.3. The molecule has 2 heterocycles. The van der Waals surface area contributed by atoms with Crippen molar-refractivity contribution in [3.63, 3.8) is 0 Å². The minimum atomic E-state index is -0.470. The van der Waals surface area contributed by atoms with Crippen molar-refractivity contribution in [3.8, 4) is 11.5 Å². The molecule has 0 aromatic heterocycles. The molecule has 6 heteroatoms. The van der Waals surface area contributed by atoms with Gasteiger partial charge in [0.2, 0.25) is 5.91 Å². The number of phenols is 1. The predicted molar refractivity (Wildman–Crippen MR) is 126 cm³/mol. The van der Waals surface area contributed by atoms with E-state index in [2.05, 4.69) is 12.1 Å². The molecule has 1 saturated heterocycles. The van der Waals surface area contributed by atoms with Gasteiger partial charge in [-0.05, 0) is 51.5 Å². The van der Waals surface area contributed by atoms with Crippen LogP contribution in [-0.4, -0.2) is 34.7 Å². The fraction of sp³-hybridized carbons (Fsp3) is 0.444. The molecule has 0 bridgehead atoms. The van der Waals surface area contributed by atoms with E-state index in [1.165, 1.54) is 18.6 Å². The van der Waals surface area contributed by atoms with Crippen LogP contribution in [0, 0.1) is 5.92 Å². The Labute approximate surface area is 194 Å². The van der Waals surface area contributed by atoms with Gasteiger partial charge in [0.1, 0.15) is 17.3 Å². The Bertz CT molecular complexity index is 1050. The van der Waals surface area contributed by atoms with E-state index in [9.17, 15) is 19.5 Å². The minimum Gasteiger partial charge on any atom is -0.507 e. The van der Waals surface area contributed by atoms with Crippen molar-refractivity contribution in [1.29, 1.82) is 0 Å². The van der Waals surface area contributed by atoms with Crippen LogP contribution in [-0.2, 0) is 16.0 Å². The lowest BCUT2D eigenvalue weighted by Gasteiger charge is -2.37. The molecule has 0 aliphatic carbocycles.